The van der Waals surface area contributed by atoms with Crippen LogP contribution in [0.1, 0.15) is 24.3 Å². The predicted molar refractivity (Wildman–Crippen MR) is 57.9 cm³/mol. The molecule has 2 bridgehead atoms. The SMILES string of the molecule is O[C@H]1CC2NC1CC2c1ccc(Cl)nc1. The fraction of sp³-hybridized carbons (Fsp3) is 0.545. The van der Waals surface area contributed by atoms with Crippen LogP contribution in [-0.4, -0.2) is 28.3 Å². The van der Waals surface area contributed by atoms with Crippen molar-refractivity contribution in [1.82, 2.24) is 10.3 Å². The zero-order valence-corrected chi connectivity index (χ0v) is 8.98. The third-order valence-electron chi connectivity index (χ3n) is 3.56. The zero-order chi connectivity index (χ0) is 10.4. The van der Waals surface area contributed by atoms with Gasteiger partial charge >= 0.3 is 0 Å². The highest BCUT2D eigenvalue weighted by molar-refractivity contribution is 6.29. The fourth-order valence-electron chi connectivity index (χ4n) is 2.80. The minimum Gasteiger partial charge on any atom is -0.391 e. The van der Waals surface area contributed by atoms with Gasteiger partial charge < -0.3 is 10.4 Å². The summed E-state index contributed by atoms with van der Waals surface area (Å²) in [5, 5.41) is 13.6. The van der Waals surface area contributed by atoms with Crippen molar-refractivity contribution in [2.24, 2.45) is 0 Å². The molecule has 0 spiro atoms. The molecule has 4 atom stereocenters. The number of rotatable bonds is 1. The molecule has 2 N–H and O–H groups in total. The Bertz CT molecular complexity index is 365. The van der Waals surface area contributed by atoms with E-state index < -0.39 is 0 Å². The van der Waals surface area contributed by atoms with Crippen LogP contribution in [0.4, 0.5) is 0 Å². The normalized spacial score (nSPS) is 38.5. The molecule has 15 heavy (non-hydrogen) atoms. The van der Waals surface area contributed by atoms with Gasteiger partial charge in [-0.15, -0.1) is 0 Å². The molecule has 3 heterocycles. The average molecular weight is 225 g/mol. The summed E-state index contributed by atoms with van der Waals surface area (Å²) in [7, 11) is 0. The van der Waals surface area contributed by atoms with Crippen LogP contribution < -0.4 is 5.32 Å². The first kappa shape index (κ1) is 9.58. The molecule has 3 nitrogen and oxygen atoms in total. The summed E-state index contributed by atoms with van der Waals surface area (Å²) in [6.07, 6.45) is 3.56. The maximum Gasteiger partial charge on any atom is 0.129 e. The molecule has 2 saturated heterocycles. The monoisotopic (exact) mass is 224 g/mol. The molecule has 0 aliphatic carbocycles. The van der Waals surface area contributed by atoms with Gasteiger partial charge in [0.05, 0.1) is 6.10 Å². The predicted octanol–water partition coefficient (Wildman–Crippen LogP) is 1.31. The highest BCUT2D eigenvalue weighted by Gasteiger charge is 2.45. The summed E-state index contributed by atoms with van der Waals surface area (Å²) in [5.41, 5.74) is 1.23. The van der Waals surface area contributed by atoms with Crippen molar-refractivity contribution in [2.45, 2.75) is 36.9 Å². The van der Waals surface area contributed by atoms with E-state index in [2.05, 4.69) is 10.3 Å². The van der Waals surface area contributed by atoms with E-state index in [1.165, 1.54) is 5.56 Å². The summed E-state index contributed by atoms with van der Waals surface area (Å²) in [6, 6.07) is 4.55. The molecule has 2 aliphatic rings. The molecule has 0 radical (unpaired) electrons. The molecule has 0 aromatic carbocycles. The molecule has 2 fully saturated rings. The van der Waals surface area contributed by atoms with Crippen molar-refractivity contribution in [3.05, 3.63) is 29.0 Å². The number of nitrogens with one attached hydrogen (secondary N) is 1. The molecule has 0 saturated carbocycles. The molecule has 1 aromatic heterocycles. The number of hydrogen-bond donors (Lipinski definition) is 2. The average Bonchev–Trinajstić information content (AvgIpc) is 2.77. The van der Waals surface area contributed by atoms with Crippen LogP contribution in [0.25, 0.3) is 0 Å². The smallest absolute Gasteiger partial charge is 0.129 e. The summed E-state index contributed by atoms with van der Waals surface area (Å²) in [5.74, 6) is 0.489. The molecule has 3 rings (SSSR count). The van der Waals surface area contributed by atoms with Crippen LogP contribution in [0.3, 0.4) is 0 Å². The van der Waals surface area contributed by atoms with Gasteiger partial charge in [-0.1, -0.05) is 17.7 Å². The Hall–Kier alpha value is -0.640. The van der Waals surface area contributed by atoms with Gasteiger partial charge in [0.1, 0.15) is 5.15 Å². The lowest BCUT2D eigenvalue weighted by molar-refractivity contribution is 0.140. The molecule has 4 heteroatoms. The number of aromatic nitrogens is 1. The van der Waals surface area contributed by atoms with E-state index in [1.807, 2.05) is 18.3 Å². The van der Waals surface area contributed by atoms with Crippen LogP contribution in [0, 0.1) is 0 Å². The molecule has 3 unspecified atom stereocenters. The van der Waals surface area contributed by atoms with E-state index in [0.29, 0.717) is 17.1 Å². The largest absolute Gasteiger partial charge is 0.391 e. The third-order valence-corrected chi connectivity index (χ3v) is 3.78. The summed E-state index contributed by atoms with van der Waals surface area (Å²) in [4.78, 5) is 4.10. The second kappa shape index (κ2) is 3.44. The summed E-state index contributed by atoms with van der Waals surface area (Å²) >= 11 is 5.75. The van der Waals surface area contributed by atoms with Gasteiger partial charge in [0.25, 0.3) is 0 Å². The molecule has 2 aliphatic heterocycles. The van der Waals surface area contributed by atoms with Crippen LogP contribution >= 0.6 is 11.6 Å². The van der Waals surface area contributed by atoms with Crippen LogP contribution in [0.2, 0.25) is 5.15 Å². The zero-order valence-electron chi connectivity index (χ0n) is 8.23. The Morgan fingerprint density at radius 3 is 2.73 bits per heavy atom. The lowest BCUT2D eigenvalue weighted by atomic mass is 9.83. The van der Waals surface area contributed by atoms with Crippen molar-refractivity contribution >= 4 is 11.6 Å². The Morgan fingerprint density at radius 1 is 1.33 bits per heavy atom. The Labute approximate surface area is 93.5 Å². The van der Waals surface area contributed by atoms with E-state index in [4.69, 9.17) is 11.6 Å². The molecule has 1 aromatic rings. The first-order chi connectivity index (χ1) is 7.24. The van der Waals surface area contributed by atoms with Crippen molar-refractivity contribution < 1.29 is 5.11 Å². The molecular formula is C11H13ClN2O. The Morgan fingerprint density at radius 2 is 2.20 bits per heavy atom. The fourth-order valence-corrected chi connectivity index (χ4v) is 2.91. The summed E-state index contributed by atoms with van der Waals surface area (Å²) in [6.45, 7) is 0. The number of aliphatic hydroxyl groups is 1. The highest BCUT2D eigenvalue weighted by Crippen LogP contribution is 2.39. The van der Waals surface area contributed by atoms with E-state index in [0.717, 1.165) is 12.8 Å². The minimum absolute atomic E-state index is 0.161. The molecule has 80 valence electrons. The van der Waals surface area contributed by atoms with E-state index in [-0.39, 0.29) is 12.1 Å². The Balaban J connectivity index is 1.83. The number of halogens is 1. The van der Waals surface area contributed by atoms with Crippen LogP contribution in [0.5, 0.6) is 0 Å². The van der Waals surface area contributed by atoms with Gasteiger partial charge in [-0.2, -0.15) is 0 Å². The van der Waals surface area contributed by atoms with Gasteiger partial charge in [0.2, 0.25) is 0 Å². The van der Waals surface area contributed by atoms with Crippen molar-refractivity contribution in [2.75, 3.05) is 0 Å². The number of nitrogens with zero attached hydrogens (tertiary/aromatic N) is 1. The van der Waals surface area contributed by atoms with Crippen LogP contribution in [0.15, 0.2) is 18.3 Å². The van der Waals surface area contributed by atoms with Crippen molar-refractivity contribution in [1.29, 1.82) is 0 Å². The van der Waals surface area contributed by atoms with Gasteiger partial charge in [0, 0.05) is 24.2 Å². The first-order valence-electron chi connectivity index (χ1n) is 5.29. The maximum atomic E-state index is 9.63. The van der Waals surface area contributed by atoms with Crippen molar-refractivity contribution in [3.8, 4) is 0 Å². The maximum absolute atomic E-state index is 9.63. The minimum atomic E-state index is -0.161. The number of fused-ring (bicyclic) bond motifs is 2. The number of pyridine rings is 1. The second-order valence-corrected chi connectivity index (χ2v) is 4.83. The lowest BCUT2D eigenvalue weighted by Gasteiger charge is -2.23. The van der Waals surface area contributed by atoms with Gasteiger partial charge in [-0.25, -0.2) is 4.98 Å². The highest BCUT2D eigenvalue weighted by atomic mass is 35.5. The summed E-state index contributed by atoms with van der Waals surface area (Å²) < 4.78 is 0. The standard InChI is InChI=1S/C11H13ClN2O/c12-11-2-1-6(5-13-11)7-3-9-10(15)4-8(7)14-9/h1-2,5,7-10,14-15H,3-4H2/t7?,8?,9?,10-/m0/s1. The molecule has 0 amide bonds. The first-order valence-corrected chi connectivity index (χ1v) is 5.67. The lowest BCUT2D eigenvalue weighted by Crippen LogP contribution is -2.26. The number of hydrogen-bond acceptors (Lipinski definition) is 3. The number of aliphatic hydroxyl groups excluding tert-OH is 1. The van der Waals surface area contributed by atoms with E-state index in [1.54, 1.807) is 0 Å². The second-order valence-electron chi connectivity index (χ2n) is 4.44. The van der Waals surface area contributed by atoms with Crippen molar-refractivity contribution in [3.63, 3.8) is 0 Å². The van der Waals surface area contributed by atoms with E-state index >= 15 is 0 Å². The van der Waals surface area contributed by atoms with Crippen LogP contribution in [-0.2, 0) is 0 Å². The Kier molecular flexibility index (Phi) is 2.20. The van der Waals surface area contributed by atoms with Gasteiger partial charge in [-0.3, -0.25) is 0 Å². The van der Waals surface area contributed by atoms with Gasteiger partial charge in [0.15, 0.2) is 0 Å². The topological polar surface area (TPSA) is 45.1 Å². The third kappa shape index (κ3) is 1.55. The van der Waals surface area contributed by atoms with E-state index in [9.17, 15) is 5.11 Å². The van der Waals surface area contributed by atoms with Gasteiger partial charge in [-0.05, 0) is 24.5 Å². The quantitative estimate of drug-likeness (QED) is 0.708. The molecular weight excluding hydrogens is 212 g/mol.